The minimum absolute atomic E-state index is 0.429. The summed E-state index contributed by atoms with van der Waals surface area (Å²) < 4.78 is 20.7. The monoisotopic (exact) mass is 179 g/mol. The molecule has 66 valence electrons. The molecule has 0 aromatic heterocycles. The zero-order chi connectivity index (χ0) is 8.69. The summed E-state index contributed by atoms with van der Waals surface area (Å²) in [6.07, 6.45) is 0.638. The van der Waals surface area contributed by atoms with Crippen LogP contribution >= 0.6 is 8.03 Å². The molecule has 0 saturated carbocycles. The van der Waals surface area contributed by atoms with Crippen molar-refractivity contribution in [3.05, 3.63) is 0 Å². The Morgan fingerprint density at radius 2 is 2.00 bits per heavy atom. The van der Waals surface area contributed by atoms with Crippen LogP contribution < -0.4 is 0 Å². The van der Waals surface area contributed by atoms with E-state index in [1.807, 2.05) is 13.8 Å². The highest BCUT2D eigenvalue weighted by Crippen LogP contribution is 2.24. The van der Waals surface area contributed by atoms with E-state index in [9.17, 15) is 4.57 Å². The fraction of sp³-hybridized carbons (Fsp3) is 1.00. The molecule has 0 spiro atoms. The minimum Gasteiger partial charge on any atom is -0.382 e. The third-order valence-electron chi connectivity index (χ3n) is 1.04. The molecule has 0 aliphatic heterocycles. The predicted octanol–water partition coefficient (Wildman–Crippen LogP) is 2.05. The van der Waals surface area contributed by atoms with Crippen molar-refractivity contribution in [3.8, 4) is 0 Å². The Morgan fingerprint density at radius 1 is 1.36 bits per heavy atom. The Hall–Kier alpha value is 0.0200. The SMILES string of the molecule is COCCO[P+](=O)CC(C)C. The van der Waals surface area contributed by atoms with E-state index < -0.39 is 8.03 Å². The van der Waals surface area contributed by atoms with Gasteiger partial charge < -0.3 is 4.74 Å². The van der Waals surface area contributed by atoms with Gasteiger partial charge in [-0.05, 0) is 4.57 Å². The lowest BCUT2D eigenvalue weighted by Crippen LogP contribution is -1.99. The average Bonchev–Trinajstić information content (AvgIpc) is 1.86. The molecule has 11 heavy (non-hydrogen) atoms. The third kappa shape index (κ3) is 7.92. The molecule has 0 amide bonds. The summed E-state index contributed by atoms with van der Waals surface area (Å²) in [4.78, 5) is 0. The summed E-state index contributed by atoms with van der Waals surface area (Å²) in [5.41, 5.74) is 0. The van der Waals surface area contributed by atoms with Crippen LogP contribution in [0.25, 0.3) is 0 Å². The minimum atomic E-state index is -1.46. The molecular formula is C7H16O3P+. The Bertz CT molecular complexity index is 114. The molecule has 0 aliphatic rings. The average molecular weight is 179 g/mol. The Labute approximate surface area is 68.9 Å². The summed E-state index contributed by atoms with van der Waals surface area (Å²) in [7, 11) is 0.134. The van der Waals surface area contributed by atoms with Crippen LogP contribution in [-0.2, 0) is 13.8 Å². The number of hydrogen-bond acceptors (Lipinski definition) is 3. The van der Waals surface area contributed by atoms with E-state index >= 15 is 0 Å². The van der Waals surface area contributed by atoms with Crippen LogP contribution in [0.2, 0.25) is 0 Å². The summed E-state index contributed by atoms with van der Waals surface area (Å²) in [5, 5.41) is 0. The highest BCUT2D eigenvalue weighted by Gasteiger charge is 2.18. The number of ether oxygens (including phenoxy) is 1. The second-order valence-corrected chi connectivity index (χ2v) is 4.02. The van der Waals surface area contributed by atoms with E-state index in [0.717, 1.165) is 0 Å². The second-order valence-electron chi connectivity index (χ2n) is 2.74. The van der Waals surface area contributed by atoms with Crippen LogP contribution in [0, 0.1) is 5.92 Å². The van der Waals surface area contributed by atoms with E-state index in [4.69, 9.17) is 9.26 Å². The molecule has 1 atom stereocenters. The quantitative estimate of drug-likeness (QED) is 0.462. The Kier molecular flexibility index (Phi) is 6.73. The molecule has 0 heterocycles. The largest absolute Gasteiger partial charge is 0.508 e. The van der Waals surface area contributed by atoms with Gasteiger partial charge in [0.1, 0.15) is 6.61 Å². The number of hydrogen-bond donors (Lipinski definition) is 0. The first-order chi connectivity index (χ1) is 5.16. The molecule has 0 rings (SSSR count). The zero-order valence-electron chi connectivity index (χ0n) is 7.37. The van der Waals surface area contributed by atoms with Gasteiger partial charge in [0.25, 0.3) is 0 Å². The van der Waals surface area contributed by atoms with Gasteiger partial charge in [-0.15, -0.1) is 4.52 Å². The lowest BCUT2D eigenvalue weighted by Gasteiger charge is -1.93. The molecule has 0 radical (unpaired) electrons. The van der Waals surface area contributed by atoms with Crippen LogP contribution in [0.5, 0.6) is 0 Å². The van der Waals surface area contributed by atoms with E-state index in [0.29, 0.717) is 25.3 Å². The van der Waals surface area contributed by atoms with E-state index in [2.05, 4.69) is 0 Å². The smallest absolute Gasteiger partial charge is 0.382 e. The topological polar surface area (TPSA) is 35.5 Å². The molecule has 0 aromatic carbocycles. The number of rotatable bonds is 6. The maximum atomic E-state index is 11.0. The Morgan fingerprint density at radius 3 is 2.45 bits per heavy atom. The molecular weight excluding hydrogens is 163 g/mol. The standard InChI is InChI=1S/C7H16O3P/c1-7(2)6-11(8)10-5-4-9-3/h7H,4-6H2,1-3H3/q+1. The van der Waals surface area contributed by atoms with Gasteiger partial charge in [0.05, 0.1) is 6.61 Å². The fourth-order valence-corrected chi connectivity index (χ4v) is 1.55. The van der Waals surface area contributed by atoms with Gasteiger partial charge >= 0.3 is 8.03 Å². The van der Waals surface area contributed by atoms with Crippen molar-refractivity contribution in [3.63, 3.8) is 0 Å². The molecule has 0 saturated heterocycles. The van der Waals surface area contributed by atoms with Crippen molar-refractivity contribution < 1.29 is 13.8 Å². The van der Waals surface area contributed by atoms with E-state index in [1.54, 1.807) is 7.11 Å². The Balaban J connectivity index is 3.23. The van der Waals surface area contributed by atoms with Gasteiger partial charge in [-0.1, -0.05) is 13.8 Å². The summed E-state index contributed by atoms with van der Waals surface area (Å²) >= 11 is 0. The van der Waals surface area contributed by atoms with Crippen molar-refractivity contribution in [2.45, 2.75) is 13.8 Å². The molecule has 0 fully saturated rings. The van der Waals surface area contributed by atoms with Gasteiger partial charge in [0, 0.05) is 13.0 Å². The van der Waals surface area contributed by atoms with Crippen LogP contribution in [0.15, 0.2) is 0 Å². The lowest BCUT2D eigenvalue weighted by molar-refractivity contribution is 0.150. The van der Waals surface area contributed by atoms with Crippen LogP contribution in [-0.4, -0.2) is 26.5 Å². The van der Waals surface area contributed by atoms with E-state index in [-0.39, 0.29) is 0 Å². The molecule has 0 aliphatic carbocycles. The maximum absolute atomic E-state index is 11.0. The third-order valence-corrected chi connectivity index (χ3v) is 2.54. The summed E-state index contributed by atoms with van der Waals surface area (Å²) in [5.74, 6) is 0.432. The van der Waals surface area contributed by atoms with Crippen LogP contribution in [0.3, 0.4) is 0 Å². The fourth-order valence-electron chi connectivity index (χ4n) is 0.573. The van der Waals surface area contributed by atoms with Crippen LogP contribution in [0.1, 0.15) is 13.8 Å². The zero-order valence-corrected chi connectivity index (χ0v) is 8.27. The molecule has 0 N–H and O–H groups in total. The molecule has 0 bridgehead atoms. The van der Waals surface area contributed by atoms with Crippen molar-refractivity contribution in [2.24, 2.45) is 5.92 Å². The molecule has 4 heteroatoms. The van der Waals surface area contributed by atoms with Gasteiger partial charge in [-0.2, -0.15) is 0 Å². The second kappa shape index (κ2) is 6.71. The van der Waals surface area contributed by atoms with Crippen molar-refractivity contribution >= 4 is 8.03 Å². The first kappa shape index (κ1) is 11.0. The van der Waals surface area contributed by atoms with Gasteiger partial charge in [-0.3, -0.25) is 0 Å². The molecule has 0 aromatic rings. The van der Waals surface area contributed by atoms with Gasteiger partial charge in [-0.25, -0.2) is 0 Å². The lowest BCUT2D eigenvalue weighted by atomic mass is 10.3. The molecule has 3 nitrogen and oxygen atoms in total. The van der Waals surface area contributed by atoms with Gasteiger partial charge in [0.15, 0.2) is 6.16 Å². The highest BCUT2D eigenvalue weighted by atomic mass is 31.1. The summed E-state index contributed by atoms with van der Waals surface area (Å²) in [6.45, 7) is 4.98. The van der Waals surface area contributed by atoms with Crippen molar-refractivity contribution in [1.82, 2.24) is 0 Å². The van der Waals surface area contributed by atoms with Crippen molar-refractivity contribution in [1.29, 1.82) is 0 Å². The maximum Gasteiger partial charge on any atom is 0.508 e. The molecule has 1 unspecified atom stereocenters. The van der Waals surface area contributed by atoms with Gasteiger partial charge in [0.2, 0.25) is 0 Å². The van der Waals surface area contributed by atoms with Crippen molar-refractivity contribution in [2.75, 3.05) is 26.5 Å². The normalized spacial score (nSPS) is 12.2. The predicted molar refractivity (Wildman–Crippen MR) is 45.1 cm³/mol. The first-order valence-electron chi connectivity index (χ1n) is 3.73. The number of methoxy groups -OCH3 is 1. The van der Waals surface area contributed by atoms with Crippen LogP contribution in [0.4, 0.5) is 0 Å². The first-order valence-corrected chi connectivity index (χ1v) is 5.09. The highest BCUT2D eigenvalue weighted by molar-refractivity contribution is 7.39. The summed E-state index contributed by atoms with van der Waals surface area (Å²) in [6, 6.07) is 0. The van der Waals surface area contributed by atoms with E-state index in [1.165, 1.54) is 0 Å².